The Balaban J connectivity index is 2.29. The summed E-state index contributed by atoms with van der Waals surface area (Å²) in [7, 11) is 0. The average Bonchev–Trinajstić information content (AvgIpc) is 2.58. The Morgan fingerprint density at radius 2 is 2.38 bits per heavy atom. The molecule has 1 aromatic heterocycles. The SMILES string of the molecule is CC1(C)CCCC(n2c(CO)n[nH]c2=S)C1. The Kier molecular flexibility index (Phi) is 3.17. The van der Waals surface area contributed by atoms with E-state index in [2.05, 4.69) is 24.0 Å². The van der Waals surface area contributed by atoms with Crippen LogP contribution in [0.2, 0.25) is 0 Å². The lowest BCUT2D eigenvalue weighted by atomic mass is 9.75. The molecule has 0 spiro atoms. The third-order valence-corrected chi connectivity index (χ3v) is 3.75. The number of rotatable bonds is 2. The van der Waals surface area contributed by atoms with E-state index in [-0.39, 0.29) is 6.61 Å². The van der Waals surface area contributed by atoms with Crippen molar-refractivity contribution in [3.63, 3.8) is 0 Å². The zero-order valence-electron chi connectivity index (χ0n) is 9.86. The van der Waals surface area contributed by atoms with E-state index in [1.165, 1.54) is 12.8 Å². The van der Waals surface area contributed by atoms with Crippen molar-refractivity contribution in [1.29, 1.82) is 0 Å². The Hall–Kier alpha value is -0.680. The summed E-state index contributed by atoms with van der Waals surface area (Å²) in [6.07, 6.45) is 4.72. The lowest BCUT2D eigenvalue weighted by Gasteiger charge is -2.36. The lowest BCUT2D eigenvalue weighted by Crippen LogP contribution is -2.26. The first-order chi connectivity index (χ1) is 7.53. The molecule has 2 rings (SSSR count). The van der Waals surface area contributed by atoms with Gasteiger partial charge in [-0.25, -0.2) is 0 Å². The Bertz CT molecular complexity index is 421. The van der Waals surface area contributed by atoms with Crippen LogP contribution < -0.4 is 0 Å². The van der Waals surface area contributed by atoms with Gasteiger partial charge in [0.05, 0.1) is 0 Å². The van der Waals surface area contributed by atoms with Gasteiger partial charge in [-0.05, 0) is 36.9 Å². The van der Waals surface area contributed by atoms with Crippen LogP contribution in [0.15, 0.2) is 0 Å². The van der Waals surface area contributed by atoms with Gasteiger partial charge in [0.25, 0.3) is 0 Å². The second-order valence-electron chi connectivity index (χ2n) is 5.39. The quantitative estimate of drug-likeness (QED) is 0.782. The van der Waals surface area contributed by atoms with Gasteiger partial charge in [-0.3, -0.25) is 9.67 Å². The van der Waals surface area contributed by atoms with E-state index in [1.807, 2.05) is 4.57 Å². The van der Waals surface area contributed by atoms with E-state index in [1.54, 1.807) is 0 Å². The molecular formula is C11H19N3OS. The zero-order valence-corrected chi connectivity index (χ0v) is 10.7. The van der Waals surface area contributed by atoms with Crippen LogP contribution in [0.5, 0.6) is 0 Å². The molecule has 90 valence electrons. The summed E-state index contributed by atoms with van der Waals surface area (Å²) >= 11 is 5.23. The lowest BCUT2D eigenvalue weighted by molar-refractivity contribution is 0.172. The Morgan fingerprint density at radius 1 is 1.62 bits per heavy atom. The standard InChI is InChI=1S/C11H19N3OS/c1-11(2)5-3-4-8(6-11)14-9(7-15)12-13-10(14)16/h8,15H,3-7H2,1-2H3,(H,13,16). The fourth-order valence-corrected chi connectivity index (χ4v) is 3.00. The molecule has 5 heteroatoms. The van der Waals surface area contributed by atoms with Gasteiger partial charge in [0.1, 0.15) is 6.61 Å². The smallest absolute Gasteiger partial charge is 0.195 e. The van der Waals surface area contributed by atoms with Crippen molar-refractivity contribution < 1.29 is 5.11 Å². The maximum atomic E-state index is 9.24. The van der Waals surface area contributed by atoms with Gasteiger partial charge < -0.3 is 5.11 Å². The van der Waals surface area contributed by atoms with Gasteiger partial charge in [0.2, 0.25) is 0 Å². The summed E-state index contributed by atoms with van der Waals surface area (Å²) < 4.78 is 2.63. The highest BCUT2D eigenvalue weighted by atomic mass is 32.1. The van der Waals surface area contributed by atoms with Gasteiger partial charge in [-0.1, -0.05) is 20.3 Å². The predicted molar refractivity (Wildman–Crippen MR) is 64.6 cm³/mol. The molecule has 0 aliphatic heterocycles. The monoisotopic (exact) mass is 241 g/mol. The molecule has 4 nitrogen and oxygen atoms in total. The third-order valence-electron chi connectivity index (χ3n) is 3.46. The van der Waals surface area contributed by atoms with Crippen LogP contribution in [0.25, 0.3) is 0 Å². The zero-order chi connectivity index (χ0) is 11.8. The van der Waals surface area contributed by atoms with Crippen molar-refractivity contribution in [2.24, 2.45) is 5.41 Å². The van der Waals surface area contributed by atoms with Gasteiger partial charge in [-0.15, -0.1) is 0 Å². The molecule has 1 atom stereocenters. The molecule has 0 radical (unpaired) electrons. The number of nitrogens with zero attached hydrogens (tertiary/aromatic N) is 2. The largest absolute Gasteiger partial charge is 0.388 e. The fraction of sp³-hybridized carbons (Fsp3) is 0.818. The summed E-state index contributed by atoms with van der Waals surface area (Å²) in [6, 6.07) is 0.386. The Morgan fingerprint density at radius 3 is 3.00 bits per heavy atom. The van der Waals surface area contributed by atoms with Crippen molar-refractivity contribution in [3.05, 3.63) is 10.6 Å². The molecule has 0 bridgehead atoms. The van der Waals surface area contributed by atoms with Crippen molar-refractivity contribution in [1.82, 2.24) is 14.8 Å². The molecule has 0 saturated heterocycles. The van der Waals surface area contributed by atoms with Crippen LogP contribution in [-0.2, 0) is 6.61 Å². The van der Waals surface area contributed by atoms with Crippen LogP contribution in [0, 0.1) is 10.2 Å². The van der Waals surface area contributed by atoms with E-state index in [0.717, 1.165) is 12.8 Å². The highest BCUT2D eigenvalue weighted by Gasteiger charge is 2.30. The first-order valence-electron chi connectivity index (χ1n) is 5.80. The molecule has 1 heterocycles. The predicted octanol–water partition coefficient (Wildman–Crippen LogP) is 2.57. The van der Waals surface area contributed by atoms with Crippen molar-refractivity contribution >= 4 is 12.2 Å². The molecule has 1 aliphatic rings. The summed E-state index contributed by atoms with van der Waals surface area (Å²) in [4.78, 5) is 0. The normalized spacial score (nSPS) is 24.6. The highest BCUT2D eigenvalue weighted by molar-refractivity contribution is 7.71. The molecule has 0 aromatic carbocycles. The van der Waals surface area contributed by atoms with Gasteiger partial charge >= 0.3 is 0 Å². The van der Waals surface area contributed by atoms with Crippen LogP contribution in [0.3, 0.4) is 0 Å². The van der Waals surface area contributed by atoms with Crippen LogP contribution >= 0.6 is 12.2 Å². The Labute approximate surface area is 101 Å². The number of hydrogen-bond donors (Lipinski definition) is 2. The van der Waals surface area contributed by atoms with Gasteiger partial charge in [0.15, 0.2) is 10.6 Å². The minimum atomic E-state index is -0.0515. The molecular weight excluding hydrogens is 222 g/mol. The molecule has 1 fully saturated rings. The number of aliphatic hydroxyl groups excluding tert-OH is 1. The molecule has 1 aliphatic carbocycles. The summed E-state index contributed by atoms with van der Waals surface area (Å²) in [5.74, 6) is 0.660. The van der Waals surface area contributed by atoms with E-state index in [0.29, 0.717) is 22.1 Å². The van der Waals surface area contributed by atoms with Crippen molar-refractivity contribution in [3.8, 4) is 0 Å². The number of hydrogen-bond acceptors (Lipinski definition) is 3. The summed E-state index contributed by atoms with van der Waals surface area (Å²) in [5, 5.41) is 16.1. The first kappa shape index (κ1) is 11.8. The van der Waals surface area contributed by atoms with Gasteiger partial charge in [-0.2, -0.15) is 5.10 Å². The second-order valence-corrected chi connectivity index (χ2v) is 5.77. The minimum Gasteiger partial charge on any atom is -0.388 e. The number of H-pyrrole nitrogens is 1. The number of aliphatic hydroxyl groups is 1. The highest BCUT2D eigenvalue weighted by Crippen LogP contribution is 2.41. The number of aromatic nitrogens is 3. The van der Waals surface area contributed by atoms with Crippen molar-refractivity contribution in [2.75, 3.05) is 0 Å². The van der Waals surface area contributed by atoms with E-state index in [9.17, 15) is 5.11 Å². The maximum Gasteiger partial charge on any atom is 0.195 e. The number of nitrogens with one attached hydrogen (secondary N) is 1. The topological polar surface area (TPSA) is 53.8 Å². The third kappa shape index (κ3) is 2.20. The fourth-order valence-electron chi connectivity index (χ4n) is 2.70. The number of aromatic amines is 1. The molecule has 2 N–H and O–H groups in total. The van der Waals surface area contributed by atoms with Crippen molar-refractivity contribution in [2.45, 2.75) is 52.2 Å². The average molecular weight is 241 g/mol. The second kappa shape index (κ2) is 4.30. The molecule has 1 aromatic rings. The van der Waals surface area contributed by atoms with E-state index >= 15 is 0 Å². The van der Waals surface area contributed by atoms with E-state index in [4.69, 9.17) is 12.2 Å². The van der Waals surface area contributed by atoms with Gasteiger partial charge in [0, 0.05) is 6.04 Å². The maximum absolute atomic E-state index is 9.24. The molecule has 16 heavy (non-hydrogen) atoms. The van der Waals surface area contributed by atoms with Crippen LogP contribution in [-0.4, -0.2) is 19.9 Å². The summed E-state index contributed by atoms with van der Waals surface area (Å²) in [5.41, 5.74) is 0.363. The molecule has 1 unspecified atom stereocenters. The summed E-state index contributed by atoms with van der Waals surface area (Å²) in [6.45, 7) is 4.53. The van der Waals surface area contributed by atoms with Crippen LogP contribution in [0.1, 0.15) is 51.4 Å². The molecule has 1 saturated carbocycles. The minimum absolute atomic E-state index is 0.0515. The molecule has 0 amide bonds. The van der Waals surface area contributed by atoms with E-state index < -0.39 is 0 Å². The van der Waals surface area contributed by atoms with Crippen LogP contribution in [0.4, 0.5) is 0 Å². The first-order valence-corrected chi connectivity index (χ1v) is 6.21.